The van der Waals surface area contributed by atoms with Crippen LogP contribution in [0.3, 0.4) is 0 Å². The average molecular weight is 470 g/mol. The molecule has 0 aromatic heterocycles. The van der Waals surface area contributed by atoms with Crippen molar-refractivity contribution < 1.29 is 4.79 Å². The van der Waals surface area contributed by atoms with E-state index in [1.54, 1.807) is 31.2 Å². The lowest BCUT2D eigenvalue weighted by Gasteiger charge is -2.15. The first-order chi connectivity index (χ1) is 15.4. The van der Waals surface area contributed by atoms with E-state index in [0.717, 1.165) is 35.7 Å². The molecule has 1 amide bonds. The molecule has 0 saturated heterocycles. The van der Waals surface area contributed by atoms with Crippen LogP contribution in [-0.2, 0) is 6.54 Å². The molecule has 166 valence electrons. The van der Waals surface area contributed by atoms with Crippen LogP contribution in [0.5, 0.6) is 0 Å². The minimum Gasteiger partial charge on any atom is -0.381 e. The molecule has 32 heavy (non-hydrogen) atoms. The molecule has 0 atom stereocenters. The first-order valence-electron chi connectivity index (χ1n) is 10.1. The number of likely N-dealkylation sites (N-methyl/N-ethyl adjacent to an activating group) is 1. The Morgan fingerprint density at radius 3 is 2.62 bits per heavy atom. The van der Waals surface area contributed by atoms with Gasteiger partial charge in [0.05, 0.1) is 6.54 Å². The quantitative estimate of drug-likeness (QED) is 0.419. The molecule has 0 unspecified atom stereocenters. The van der Waals surface area contributed by atoms with Gasteiger partial charge < -0.3 is 15.5 Å². The summed E-state index contributed by atoms with van der Waals surface area (Å²) in [6.07, 6.45) is 3.22. The second kappa shape index (κ2) is 11.0. The Kier molecular flexibility index (Phi) is 8.09. The Morgan fingerprint density at radius 2 is 2.00 bits per heavy atom. The standard InChI is InChI=1S/C24H25Cl2N5O/c1-16(25)4-11-22(27-2)30-24(32)21-14-19(26)8-5-18(21)15-29-20-9-6-17(7-10-20)23-28-12-13-31(23)3/h4-11,14,29H,2,12-13,15H2,1,3H3,(H,30,32)/b16-4+,22-11+. The van der Waals surface area contributed by atoms with E-state index in [4.69, 9.17) is 23.2 Å². The van der Waals surface area contributed by atoms with Crippen molar-refractivity contribution in [1.29, 1.82) is 0 Å². The number of amides is 1. The number of carbonyl (C=O) groups excluding carboxylic acids is 1. The van der Waals surface area contributed by atoms with Crippen LogP contribution in [-0.4, -0.2) is 43.5 Å². The highest BCUT2D eigenvalue weighted by molar-refractivity contribution is 6.31. The number of rotatable bonds is 8. The molecule has 0 saturated carbocycles. The maximum atomic E-state index is 12.9. The molecular weight excluding hydrogens is 445 g/mol. The van der Waals surface area contributed by atoms with Crippen LogP contribution in [0.4, 0.5) is 5.69 Å². The van der Waals surface area contributed by atoms with Gasteiger partial charge in [0.2, 0.25) is 0 Å². The maximum Gasteiger partial charge on any atom is 0.257 e. The molecule has 1 heterocycles. The summed E-state index contributed by atoms with van der Waals surface area (Å²) in [5, 5.41) is 7.12. The Bertz CT molecular complexity index is 1090. The zero-order valence-corrected chi connectivity index (χ0v) is 19.5. The summed E-state index contributed by atoms with van der Waals surface area (Å²) in [4.78, 5) is 23.4. The normalized spacial score (nSPS) is 14.2. The zero-order valence-electron chi connectivity index (χ0n) is 18.0. The SMILES string of the molecule is C=N/C(=C\C=C(/C)Cl)NC(=O)c1cc(Cl)ccc1CNc1ccc(C2=NCCN2C)cc1. The molecule has 8 heteroatoms. The highest BCUT2D eigenvalue weighted by Gasteiger charge is 2.15. The van der Waals surface area contributed by atoms with Crippen LogP contribution in [0.15, 0.2) is 75.5 Å². The second-order valence-electron chi connectivity index (χ2n) is 7.28. The van der Waals surface area contributed by atoms with Crippen LogP contribution < -0.4 is 10.6 Å². The molecule has 2 aromatic rings. The van der Waals surface area contributed by atoms with E-state index in [-0.39, 0.29) is 5.91 Å². The number of aliphatic imine (C=N–C) groups is 2. The molecule has 0 aliphatic carbocycles. The molecule has 0 bridgehead atoms. The molecule has 1 aliphatic rings. The van der Waals surface area contributed by atoms with Crippen LogP contribution in [0, 0.1) is 0 Å². The fourth-order valence-electron chi connectivity index (χ4n) is 3.20. The zero-order chi connectivity index (χ0) is 23.1. The van der Waals surface area contributed by atoms with Gasteiger partial charge >= 0.3 is 0 Å². The summed E-state index contributed by atoms with van der Waals surface area (Å²) in [5.74, 6) is 0.970. The van der Waals surface area contributed by atoms with Gasteiger partial charge in [-0.3, -0.25) is 9.79 Å². The minimum absolute atomic E-state index is 0.296. The smallest absolute Gasteiger partial charge is 0.257 e. The van der Waals surface area contributed by atoms with Gasteiger partial charge in [0.15, 0.2) is 0 Å². The van der Waals surface area contributed by atoms with E-state index >= 15 is 0 Å². The topological polar surface area (TPSA) is 69.1 Å². The predicted octanol–water partition coefficient (Wildman–Crippen LogP) is 5.06. The van der Waals surface area contributed by atoms with E-state index < -0.39 is 0 Å². The van der Waals surface area contributed by atoms with Crippen molar-refractivity contribution in [2.75, 3.05) is 25.5 Å². The molecule has 1 aliphatic heterocycles. The summed E-state index contributed by atoms with van der Waals surface area (Å²) in [7, 11) is 2.04. The average Bonchev–Trinajstić information content (AvgIpc) is 3.21. The maximum absolute atomic E-state index is 12.9. The van der Waals surface area contributed by atoms with E-state index in [0.29, 0.717) is 28.0 Å². The number of amidine groups is 1. The third-order valence-electron chi connectivity index (χ3n) is 4.88. The van der Waals surface area contributed by atoms with E-state index in [1.165, 1.54) is 0 Å². The number of benzene rings is 2. The first-order valence-corrected chi connectivity index (χ1v) is 10.8. The van der Waals surface area contributed by atoms with Crippen molar-refractivity contribution in [3.8, 4) is 0 Å². The Balaban J connectivity index is 1.72. The summed E-state index contributed by atoms with van der Waals surface area (Å²) in [6.45, 7) is 7.43. The van der Waals surface area contributed by atoms with Gasteiger partial charge in [-0.15, -0.1) is 0 Å². The molecule has 2 N–H and O–H groups in total. The Hall–Kier alpha value is -3.09. The van der Waals surface area contributed by atoms with E-state index in [1.807, 2.05) is 37.4 Å². The molecule has 6 nitrogen and oxygen atoms in total. The van der Waals surface area contributed by atoms with Crippen LogP contribution in [0.2, 0.25) is 5.02 Å². The molecule has 3 rings (SSSR count). The number of halogens is 2. The number of carbonyl (C=O) groups is 1. The van der Waals surface area contributed by atoms with Crippen molar-refractivity contribution in [2.24, 2.45) is 9.98 Å². The number of nitrogens with one attached hydrogen (secondary N) is 2. The van der Waals surface area contributed by atoms with Gasteiger partial charge in [0.1, 0.15) is 11.7 Å². The third kappa shape index (κ3) is 6.22. The number of hydrogen-bond acceptors (Lipinski definition) is 5. The highest BCUT2D eigenvalue weighted by Crippen LogP contribution is 2.20. The fourth-order valence-corrected chi connectivity index (χ4v) is 3.44. The van der Waals surface area contributed by atoms with Gasteiger partial charge in [0, 0.05) is 47.0 Å². The van der Waals surface area contributed by atoms with Crippen LogP contribution in [0.25, 0.3) is 0 Å². The van der Waals surface area contributed by atoms with E-state index in [2.05, 4.69) is 32.2 Å². The number of allylic oxidation sites excluding steroid dienone is 3. The lowest BCUT2D eigenvalue weighted by molar-refractivity contribution is 0.0964. The monoisotopic (exact) mass is 469 g/mol. The molecular formula is C24H25Cl2N5O. The summed E-state index contributed by atoms with van der Waals surface area (Å²) < 4.78 is 0. The summed E-state index contributed by atoms with van der Waals surface area (Å²) in [5.41, 5.74) is 3.26. The van der Waals surface area contributed by atoms with Crippen molar-refractivity contribution in [2.45, 2.75) is 13.5 Å². The van der Waals surface area contributed by atoms with Crippen LogP contribution in [0.1, 0.15) is 28.4 Å². The lowest BCUT2D eigenvalue weighted by Crippen LogP contribution is -2.24. The Morgan fingerprint density at radius 1 is 1.25 bits per heavy atom. The van der Waals surface area contributed by atoms with Crippen molar-refractivity contribution in [3.05, 3.63) is 87.2 Å². The van der Waals surface area contributed by atoms with Crippen molar-refractivity contribution in [3.63, 3.8) is 0 Å². The molecule has 0 spiro atoms. The van der Waals surface area contributed by atoms with Gasteiger partial charge in [-0.25, -0.2) is 4.99 Å². The first kappa shape index (κ1) is 23.6. The summed E-state index contributed by atoms with van der Waals surface area (Å²) in [6, 6.07) is 13.3. The highest BCUT2D eigenvalue weighted by atomic mass is 35.5. The number of anilines is 1. The van der Waals surface area contributed by atoms with Gasteiger partial charge in [0.25, 0.3) is 5.91 Å². The van der Waals surface area contributed by atoms with Gasteiger partial charge in [-0.1, -0.05) is 29.3 Å². The predicted molar refractivity (Wildman–Crippen MR) is 134 cm³/mol. The minimum atomic E-state index is -0.332. The fraction of sp³-hybridized carbons (Fsp3) is 0.208. The van der Waals surface area contributed by atoms with Crippen LogP contribution >= 0.6 is 23.2 Å². The molecule has 0 radical (unpaired) electrons. The lowest BCUT2D eigenvalue weighted by atomic mass is 10.1. The molecule has 2 aromatic carbocycles. The summed E-state index contributed by atoms with van der Waals surface area (Å²) >= 11 is 12.0. The van der Waals surface area contributed by atoms with Crippen molar-refractivity contribution >= 4 is 47.3 Å². The Labute approximate surface area is 198 Å². The van der Waals surface area contributed by atoms with Gasteiger partial charge in [-0.05, 0) is 67.8 Å². The van der Waals surface area contributed by atoms with Gasteiger partial charge in [-0.2, -0.15) is 0 Å². The largest absolute Gasteiger partial charge is 0.381 e. The third-order valence-corrected chi connectivity index (χ3v) is 5.25. The van der Waals surface area contributed by atoms with Crippen molar-refractivity contribution in [1.82, 2.24) is 10.2 Å². The second-order valence-corrected chi connectivity index (χ2v) is 8.31. The van der Waals surface area contributed by atoms with E-state index in [9.17, 15) is 4.79 Å². The number of hydrogen-bond donors (Lipinski definition) is 2. The molecule has 0 fully saturated rings. The number of nitrogens with zero attached hydrogens (tertiary/aromatic N) is 3.